The summed E-state index contributed by atoms with van der Waals surface area (Å²) >= 11 is 6.10. The van der Waals surface area contributed by atoms with Crippen molar-refractivity contribution in [1.29, 1.82) is 0 Å². The Balaban J connectivity index is 2.09. The predicted octanol–water partition coefficient (Wildman–Crippen LogP) is 3.02. The molecule has 1 aliphatic rings. The number of nitrogens with zero attached hydrogens (tertiary/aromatic N) is 1. The number of urea groups is 1. The van der Waals surface area contributed by atoms with Crippen molar-refractivity contribution in [3.05, 3.63) is 58.6 Å². The molecule has 2 aromatic rings. The average molecular weight is 387 g/mol. The van der Waals surface area contributed by atoms with Crippen molar-refractivity contribution in [2.45, 2.75) is 0 Å². The molecule has 7 nitrogen and oxygen atoms in total. The van der Waals surface area contributed by atoms with Crippen LogP contribution < -0.4 is 19.7 Å². The number of hydrogen-bond donors (Lipinski definition) is 1. The van der Waals surface area contributed by atoms with Gasteiger partial charge in [0.25, 0.3) is 11.8 Å². The lowest BCUT2D eigenvalue weighted by Crippen LogP contribution is -2.54. The Morgan fingerprint density at radius 1 is 1.00 bits per heavy atom. The first-order valence-electron chi connectivity index (χ1n) is 7.85. The predicted molar refractivity (Wildman–Crippen MR) is 100.0 cm³/mol. The number of carbonyl (C=O) groups excluding carboxylic acids is 3. The molecule has 0 aromatic heterocycles. The monoisotopic (exact) mass is 386 g/mol. The average Bonchev–Trinajstić information content (AvgIpc) is 2.66. The summed E-state index contributed by atoms with van der Waals surface area (Å²) in [6, 6.07) is 10.5. The molecule has 138 valence electrons. The van der Waals surface area contributed by atoms with Gasteiger partial charge in [0.2, 0.25) is 0 Å². The molecular weight excluding hydrogens is 372 g/mol. The Bertz CT molecular complexity index is 970. The quantitative estimate of drug-likeness (QED) is 0.645. The van der Waals surface area contributed by atoms with Gasteiger partial charge in [-0.3, -0.25) is 14.9 Å². The summed E-state index contributed by atoms with van der Waals surface area (Å²) in [5, 5.41) is 2.35. The molecule has 2 aromatic carbocycles. The summed E-state index contributed by atoms with van der Waals surface area (Å²) in [7, 11) is 2.92. The minimum atomic E-state index is -0.868. The maximum Gasteiger partial charge on any atom is 0.335 e. The van der Waals surface area contributed by atoms with E-state index in [1.54, 1.807) is 36.4 Å². The van der Waals surface area contributed by atoms with Gasteiger partial charge in [0.15, 0.2) is 11.5 Å². The number of carbonyl (C=O) groups is 3. The number of ether oxygens (including phenoxy) is 2. The molecule has 4 amide bonds. The first-order valence-corrected chi connectivity index (χ1v) is 8.22. The Labute approximate surface area is 160 Å². The van der Waals surface area contributed by atoms with Crippen LogP contribution in [0.15, 0.2) is 48.0 Å². The fourth-order valence-corrected chi connectivity index (χ4v) is 2.91. The van der Waals surface area contributed by atoms with E-state index in [9.17, 15) is 14.4 Å². The van der Waals surface area contributed by atoms with Crippen molar-refractivity contribution >= 4 is 41.2 Å². The second kappa shape index (κ2) is 7.51. The van der Waals surface area contributed by atoms with Gasteiger partial charge >= 0.3 is 6.03 Å². The van der Waals surface area contributed by atoms with Crippen LogP contribution in [-0.4, -0.2) is 32.1 Å². The number of imide groups is 2. The molecule has 1 N–H and O–H groups in total. The molecule has 27 heavy (non-hydrogen) atoms. The Morgan fingerprint density at radius 2 is 1.74 bits per heavy atom. The van der Waals surface area contributed by atoms with Crippen molar-refractivity contribution < 1.29 is 23.9 Å². The molecule has 0 bridgehead atoms. The van der Waals surface area contributed by atoms with Gasteiger partial charge in [0.1, 0.15) is 5.57 Å². The SMILES string of the molecule is COc1cccc(C=C2C(=O)NC(=O)N(c3ccccc3Cl)C2=O)c1OC. The van der Waals surface area contributed by atoms with Crippen LogP contribution in [0.3, 0.4) is 0 Å². The molecule has 3 rings (SSSR count). The molecule has 0 radical (unpaired) electrons. The molecule has 0 spiro atoms. The molecule has 1 saturated heterocycles. The van der Waals surface area contributed by atoms with Crippen LogP contribution >= 0.6 is 11.6 Å². The van der Waals surface area contributed by atoms with Crippen molar-refractivity contribution in [1.82, 2.24) is 5.32 Å². The van der Waals surface area contributed by atoms with Gasteiger partial charge < -0.3 is 9.47 Å². The van der Waals surface area contributed by atoms with Crippen LogP contribution in [0.25, 0.3) is 6.08 Å². The topological polar surface area (TPSA) is 84.9 Å². The van der Waals surface area contributed by atoms with E-state index in [1.807, 2.05) is 0 Å². The van der Waals surface area contributed by atoms with Crippen LogP contribution in [0.1, 0.15) is 5.56 Å². The van der Waals surface area contributed by atoms with Gasteiger partial charge in [0.05, 0.1) is 24.9 Å². The molecule has 0 aliphatic carbocycles. The lowest BCUT2D eigenvalue weighted by Gasteiger charge is -2.27. The van der Waals surface area contributed by atoms with Gasteiger partial charge in [-0.2, -0.15) is 0 Å². The highest BCUT2D eigenvalue weighted by molar-refractivity contribution is 6.42. The molecule has 1 aliphatic heterocycles. The van der Waals surface area contributed by atoms with Crippen LogP contribution in [0.2, 0.25) is 5.02 Å². The zero-order valence-electron chi connectivity index (χ0n) is 14.5. The van der Waals surface area contributed by atoms with E-state index in [4.69, 9.17) is 21.1 Å². The van der Waals surface area contributed by atoms with Crippen LogP contribution in [0, 0.1) is 0 Å². The Hall–Kier alpha value is -3.32. The second-order valence-corrected chi connectivity index (χ2v) is 5.90. The zero-order valence-corrected chi connectivity index (χ0v) is 15.2. The van der Waals surface area contributed by atoms with Gasteiger partial charge in [-0.15, -0.1) is 0 Å². The highest BCUT2D eigenvalue weighted by Crippen LogP contribution is 2.33. The van der Waals surface area contributed by atoms with Gasteiger partial charge in [-0.05, 0) is 24.3 Å². The first-order chi connectivity index (χ1) is 13.0. The van der Waals surface area contributed by atoms with E-state index in [2.05, 4.69) is 5.32 Å². The van der Waals surface area contributed by atoms with Crippen molar-refractivity contribution in [3.8, 4) is 11.5 Å². The summed E-state index contributed by atoms with van der Waals surface area (Å²) in [6.45, 7) is 0. The third-order valence-corrected chi connectivity index (χ3v) is 4.25. The van der Waals surface area contributed by atoms with Gasteiger partial charge in [-0.25, -0.2) is 9.69 Å². The number of hydrogen-bond acceptors (Lipinski definition) is 5. The number of amides is 4. The standard InChI is InChI=1S/C19H15ClN2O5/c1-26-15-9-5-6-11(16(15)27-2)10-12-17(23)21-19(25)22(18(12)24)14-8-4-3-7-13(14)20/h3-10H,1-2H3,(H,21,23,25). The third kappa shape index (κ3) is 3.37. The number of methoxy groups -OCH3 is 2. The normalized spacial score (nSPS) is 15.7. The maximum atomic E-state index is 12.9. The molecule has 0 atom stereocenters. The summed E-state index contributed by atoms with van der Waals surface area (Å²) in [4.78, 5) is 38.2. The highest BCUT2D eigenvalue weighted by Gasteiger charge is 2.37. The molecule has 1 fully saturated rings. The molecule has 1 heterocycles. The maximum absolute atomic E-state index is 12.9. The van der Waals surface area contributed by atoms with E-state index < -0.39 is 17.8 Å². The van der Waals surface area contributed by atoms with Gasteiger partial charge in [0, 0.05) is 5.56 Å². The minimum Gasteiger partial charge on any atom is -0.493 e. The molecule has 0 saturated carbocycles. The summed E-state index contributed by atoms with van der Waals surface area (Å²) in [5.74, 6) is -0.802. The van der Waals surface area contributed by atoms with Crippen molar-refractivity contribution in [3.63, 3.8) is 0 Å². The van der Waals surface area contributed by atoms with Crippen LogP contribution in [0.4, 0.5) is 10.5 Å². The third-order valence-electron chi connectivity index (χ3n) is 3.93. The van der Waals surface area contributed by atoms with Gasteiger partial charge in [-0.1, -0.05) is 35.9 Å². The van der Waals surface area contributed by atoms with E-state index in [1.165, 1.54) is 26.4 Å². The zero-order chi connectivity index (χ0) is 19.6. The number of anilines is 1. The van der Waals surface area contributed by atoms with E-state index in [0.717, 1.165) is 4.90 Å². The number of halogens is 1. The summed E-state index contributed by atoms with van der Waals surface area (Å²) < 4.78 is 10.5. The smallest absolute Gasteiger partial charge is 0.335 e. The Kier molecular flexibility index (Phi) is 5.14. The number of nitrogens with one attached hydrogen (secondary N) is 1. The fourth-order valence-electron chi connectivity index (χ4n) is 2.69. The lowest BCUT2D eigenvalue weighted by atomic mass is 10.1. The fraction of sp³-hybridized carbons (Fsp3) is 0.105. The summed E-state index contributed by atoms with van der Waals surface area (Å²) in [5.41, 5.74) is 0.391. The van der Waals surface area contributed by atoms with E-state index in [0.29, 0.717) is 17.1 Å². The number of benzene rings is 2. The lowest BCUT2D eigenvalue weighted by molar-refractivity contribution is -0.122. The molecule has 0 unspecified atom stereocenters. The number of rotatable bonds is 4. The number of para-hydroxylation sites is 2. The van der Waals surface area contributed by atoms with Crippen molar-refractivity contribution in [2.24, 2.45) is 0 Å². The first kappa shape index (κ1) is 18.5. The Morgan fingerprint density at radius 3 is 2.41 bits per heavy atom. The summed E-state index contributed by atoms with van der Waals surface area (Å²) in [6.07, 6.45) is 1.34. The molecular formula is C19H15ClN2O5. The van der Waals surface area contributed by atoms with Crippen LogP contribution in [0.5, 0.6) is 11.5 Å². The van der Waals surface area contributed by atoms with E-state index in [-0.39, 0.29) is 16.3 Å². The van der Waals surface area contributed by atoms with E-state index >= 15 is 0 Å². The number of barbiturate groups is 1. The minimum absolute atomic E-state index is 0.178. The largest absolute Gasteiger partial charge is 0.493 e. The van der Waals surface area contributed by atoms with Crippen molar-refractivity contribution in [2.75, 3.05) is 19.1 Å². The highest BCUT2D eigenvalue weighted by atomic mass is 35.5. The van der Waals surface area contributed by atoms with Crippen LogP contribution in [-0.2, 0) is 9.59 Å². The second-order valence-electron chi connectivity index (χ2n) is 5.49. The molecule has 8 heteroatoms.